The van der Waals surface area contributed by atoms with E-state index in [-0.39, 0.29) is 11.8 Å². The Balaban J connectivity index is 0.805. The van der Waals surface area contributed by atoms with Gasteiger partial charge in [-0.15, -0.1) is 5.73 Å². The Labute approximate surface area is 423 Å². The number of allylic oxidation sites excluding steroid dienone is 16. The first-order valence-electron chi connectivity index (χ1n) is 27.2. The van der Waals surface area contributed by atoms with Crippen molar-refractivity contribution in [1.29, 1.82) is 0 Å². The van der Waals surface area contributed by atoms with Crippen LogP contribution in [0.25, 0.3) is 49.8 Å². The van der Waals surface area contributed by atoms with E-state index < -0.39 is 0 Å². The van der Waals surface area contributed by atoms with Crippen LogP contribution in [0.5, 0.6) is 0 Å². The SMILES string of the molecule is C=C1C(c2cc(C3CC4=CC5=CC(n6c7c(c8ccccc86)-c6ccccc6CC7)=CCC5C=C4c4ccccc43)cc3c2CCC3)C=C(c2ccc3[nH]ccc3c2)C(C)C1C1CCC2=C1C1=C(C=C=C1)C2. The molecule has 9 aliphatic rings. The lowest BCUT2D eigenvalue weighted by atomic mass is 9.62. The van der Waals surface area contributed by atoms with Crippen molar-refractivity contribution in [3.63, 3.8) is 0 Å². The third-order valence-electron chi connectivity index (χ3n) is 19.1. The van der Waals surface area contributed by atoms with E-state index in [1.54, 1.807) is 22.3 Å². The second-order valence-corrected chi connectivity index (χ2v) is 22.6. The van der Waals surface area contributed by atoms with Gasteiger partial charge in [0.2, 0.25) is 0 Å². The largest absolute Gasteiger partial charge is 0.361 e. The van der Waals surface area contributed by atoms with E-state index in [9.17, 15) is 0 Å². The van der Waals surface area contributed by atoms with Crippen LogP contribution in [0.15, 0.2) is 209 Å². The molecule has 72 heavy (non-hydrogen) atoms. The number of benzene rings is 5. The predicted molar refractivity (Wildman–Crippen MR) is 298 cm³/mol. The molecule has 0 saturated heterocycles. The van der Waals surface area contributed by atoms with E-state index in [1.807, 2.05) is 0 Å². The number of hydrogen-bond acceptors (Lipinski definition) is 0. The number of aromatic nitrogens is 2. The monoisotopic (exact) mass is 926 g/mol. The van der Waals surface area contributed by atoms with Gasteiger partial charge in [-0.05, 0) is 219 Å². The molecule has 2 nitrogen and oxygen atoms in total. The first kappa shape index (κ1) is 41.3. The topological polar surface area (TPSA) is 20.7 Å². The highest BCUT2D eigenvalue weighted by atomic mass is 15.0. The molecule has 1 N–H and O–H groups in total. The second-order valence-electron chi connectivity index (χ2n) is 22.6. The maximum Gasteiger partial charge on any atom is 0.0537 e. The lowest BCUT2D eigenvalue weighted by molar-refractivity contribution is 0.348. The molecule has 9 aliphatic carbocycles. The maximum atomic E-state index is 5.24. The average Bonchev–Trinajstić information content (AvgIpc) is 4.29. The quantitative estimate of drug-likeness (QED) is 0.131. The summed E-state index contributed by atoms with van der Waals surface area (Å²) in [4.78, 5) is 3.46. The number of fused-ring (bicyclic) bond motifs is 12. The highest BCUT2D eigenvalue weighted by Crippen LogP contribution is 2.59. The predicted octanol–water partition coefficient (Wildman–Crippen LogP) is 16.8. The van der Waals surface area contributed by atoms with Gasteiger partial charge in [-0.2, -0.15) is 0 Å². The number of H-pyrrole nitrogens is 1. The number of rotatable bonds is 5. The van der Waals surface area contributed by atoms with Gasteiger partial charge in [0.25, 0.3) is 0 Å². The summed E-state index contributed by atoms with van der Waals surface area (Å²) in [7, 11) is 0. The molecule has 2 aromatic heterocycles. The van der Waals surface area contributed by atoms with Gasteiger partial charge in [-0.1, -0.05) is 134 Å². The van der Waals surface area contributed by atoms with Gasteiger partial charge < -0.3 is 9.55 Å². The molecule has 6 atom stereocenters. The molecule has 348 valence electrons. The Hall–Kier alpha value is -7.38. The molecule has 0 bridgehead atoms. The smallest absolute Gasteiger partial charge is 0.0537 e. The van der Waals surface area contributed by atoms with Crippen molar-refractivity contribution < 1.29 is 0 Å². The zero-order chi connectivity index (χ0) is 47.3. The minimum atomic E-state index is 0.150. The minimum absolute atomic E-state index is 0.150. The van der Waals surface area contributed by atoms with E-state index in [4.69, 9.17) is 6.58 Å². The Morgan fingerprint density at radius 1 is 0.778 bits per heavy atom. The van der Waals surface area contributed by atoms with Crippen molar-refractivity contribution in [1.82, 2.24) is 9.55 Å². The molecule has 2 heterocycles. The van der Waals surface area contributed by atoms with Crippen LogP contribution in [-0.2, 0) is 25.7 Å². The highest BCUT2D eigenvalue weighted by Gasteiger charge is 2.45. The Bertz CT molecular complexity index is 3920. The summed E-state index contributed by atoms with van der Waals surface area (Å²) in [6, 6.07) is 42.3. The summed E-state index contributed by atoms with van der Waals surface area (Å²) in [5, 5.41) is 2.65. The van der Waals surface area contributed by atoms with Gasteiger partial charge in [-0.3, -0.25) is 0 Å². The standard InChI is InChI=1S/C70H58N2/c1-40-60(46-23-27-65-47(31-46)29-30-71-65)39-61(41(2)68(40)59-26-22-48-32-45-13-10-19-55(45)69(48)59)64-38-50(33-44-12-9-18-53(44)64)63-37-51-34-49-35-52(25-21-43(49)36-62(51)56-15-5-6-16-57(56)63)72-66-20-8-7-17-58(66)70-54-14-4-3-11-42(54)24-28-67(70)72/h3-8,11,13-17,19-20,23,25,27,29-31,33-36,38-40,43,59,61,63,68,71H,2,9,12,18,21-22,24,26,28,32,37H2,1H3. The Kier molecular flexibility index (Phi) is 8.92. The van der Waals surface area contributed by atoms with Crippen LogP contribution in [0.4, 0.5) is 0 Å². The fourth-order valence-corrected chi connectivity index (χ4v) is 16.0. The van der Waals surface area contributed by atoms with Gasteiger partial charge in [0.05, 0.1) is 5.52 Å². The molecule has 2 heteroatoms. The molecular formula is C70H58N2. The lowest BCUT2D eigenvalue weighted by Gasteiger charge is -2.42. The number of nitrogens with one attached hydrogen (secondary N) is 1. The van der Waals surface area contributed by atoms with Crippen LogP contribution in [0.3, 0.4) is 0 Å². The zero-order valence-electron chi connectivity index (χ0n) is 41.2. The van der Waals surface area contributed by atoms with Crippen molar-refractivity contribution in [3.05, 3.63) is 259 Å². The summed E-state index contributed by atoms with van der Waals surface area (Å²) in [6.45, 7) is 7.76. The first-order valence-corrected chi connectivity index (χ1v) is 27.2. The number of nitrogens with zero attached hydrogens (tertiary/aromatic N) is 1. The van der Waals surface area contributed by atoms with E-state index in [2.05, 4.69) is 180 Å². The van der Waals surface area contributed by atoms with Crippen molar-refractivity contribution in [2.45, 2.75) is 83.0 Å². The van der Waals surface area contributed by atoms with Gasteiger partial charge in [0.15, 0.2) is 0 Å². The number of aromatic amines is 1. The maximum absolute atomic E-state index is 5.24. The van der Waals surface area contributed by atoms with Gasteiger partial charge in [0.1, 0.15) is 0 Å². The Morgan fingerprint density at radius 2 is 1.67 bits per heavy atom. The number of para-hydroxylation sites is 1. The van der Waals surface area contributed by atoms with Gasteiger partial charge in [0, 0.05) is 51.8 Å². The third kappa shape index (κ3) is 5.97. The fourth-order valence-electron chi connectivity index (χ4n) is 16.0. The van der Waals surface area contributed by atoms with Crippen LogP contribution in [0.1, 0.15) is 107 Å². The van der Waals surface area contributed by atoms with Crippen molar-refractivity contribution in [2.75, 3.05) is 0 Å². The molecule has 0 radical (unpaired) electrons. The van der Waals surface area contributed by atoms with Crippen molar-refractivity contribution >= 4 is 38.6 Å². The van der Waals surface area contributed by atoms with E-state index in [0.29, 0.717) is 23.7 Å². The zero-order valence-corrected chi connectivity index (χ0v) is 41.2. The van der Waals surface area contributed by atoms with Crippen molar-refractivity contribution in [2.24, 2.45) is 23.7 Å². The van der Waals surface area contributed by atoms with E-state index in [0.717, 1.165) is 44.9 Å². The van der Waals surface area contributed by atoms with Crippen LogP contribution in [0.2, 0.25) is 0 Å². The molecule has 0 spiro atoms. The molecule has 5 aromatic carbocycles. The summed E-state index contributed by atoms with van der Waals surface area (Å²) < 4.78 is 2.61. The van der Waals surface area contributed by atoms with Crippen molar-refractivity contribution in [3.8, 4) is 11.1 Å². The second kappa shape index (κ2) is 15.6. The van der Waals surface area contributed by atoms with E-state index in [1.165, 1.54) is 136 Å². The van der Waals surface area contributed by atoms with Crippen LogP contribution >= 0.6 is 0 Å². The summed E-state index contributed by atoms with van der Waals surface area (Å²) >= 11 is 0. The third-order valence-corrected chi connectivity index (χ3v) is 19.1. The van der Waals surface area contributed by atoms with Gasteiger partial charge >= 0.3 is 0 Å². The summed E-state index contributed by atoms with van der Waals surface area (Å²) in [5.41, 5.74) is 37.1. The molecule has 0 saturated carbocycles. The van der Waals surface area contributed by atoms with Gasteiger partial charge in [-0.25, -0.2) is 0 Å². The lowest BCUT2D eigenvalue weighted by Crippen LogP contribution is -2.31. The molecule has 0 amide bonds. The summed E-state index contributed by atoms with van der Waals surface area (Å²) in [5.74, 6) is 1.96. The average molecular weight is 927 g/mol. The number of hydrogen-bond donors (Lipinski definition) is 1. The molecule has 0 fully saturated rings. The van der Waals surface area contributed by atoms with Crippen LogP contribution in [-0.4, -0.2) is 9.55 Å². The summed E-state index contributed by atoms with van der Waals surface area (Å²) in [6.07, 6.45) is 30.8. The normalized spacial score (nSPS) is 25.3. The fraction of sp³-hybridized carbons (Fsp3) is 0.243. The van der Waals surface area contributed by atoms with Crippen LogP contribution in [0, 0.1) is 23.7 Å². The first-order chi connectivity index (χ1) is 35.5. The molecule has 6 unspecified atom stereocenters. The molecule has 0 aliphatic heterocycles. The minimum Gasteiger partial charge on any atom is -0.361 e. The number of aryl methyl sites for hydroxylation is 2. The Morgan fingerprint density at radius 3 is 2.62 bits per heavy atom. The molecule has 16 rings (SSSR count). The van der Waals surface area contributed by atoms with Crippen LogP contribution < -0.4 is 0 Å². The molecular weight excluding hydrogens is 869 g/mol. The van der Waals surface area contributed by atoms with E-state index >= 15 is 0 Å². The molecule has 7 aromatic rings. The highest BCUT2D eigenvalue weighted by molar-refractivity contribution is 6.02.